The van der Waals surface area contributed by atoms with Crippen molar-refractivity contribution in [2.45, 2.75) is 147 Å². The molecule has 2 unspecified atom stereocenters. The number of amides is 2. The minimum absolute atomic E-state index is 0.0172. The Balaban J connectivity index is 1.61. The zero-order valence-electron chi connectivity index (χ0n) is 25.6. The lowest BCUT2D eigenvalue weighted by atomic mass is 9.88. The number of alkyl halides is 1. The van der Waals surface area contributed by atoms with Gasteiger partial charge in [-0.05, 0) is 90.4 Å². The van der Waals surface area contributed by atoms with E-state index in [0.29, 0.717) is 12.3 Å². The van der Waals surface area contributed by atoms with Gasteiger partial charge in [0.15, 0.2) is 12.6 Å². The van der Waals surface area contributed by atoms with Crippen LogP contribution in [0.5, 0.6) is 0 Å². The Morgan fingerprint density at radius 2 is 1.68 bits per heavy atom. The maximum atomic E-state index is 11.7. The fraction of sp³-hybridized carbons (Fsp3) is 0.818. The monoisotopic (exact) mass is 595 g/mol. The van der Waals surface area contributed by atoms with Gasteiger partial charge >= 0.3 is 0 Å². The average molecular weight is 596 g/mol. The van der Waals surface area contributed by atoms with E-state index in [9.17, 15) is 9.59 Å². The van der Waals surface area contributed by atoms with E-state index in [2.05, 4.69) is 37.4 Å². The minimum Gasteiger partial charge on any atom is -0.353 e. The lowest BCUT2D eigenvalue weighted by Crippen LogP contribution is -2.31. The number of unbranched alkanes of at least 4 members (excludes halogenated alkanes) is 3. The van der Waals surface area contributed by atoms with Crippen LogP contribution in [0.15, 0.2) is 23.8 Å². The molecule has 8 heteroatoms. The molecule has 0 radical (unpaired) electrons. The Bertz CT molecular complexity index is 832. The molecule has 1 saturated carbocycles. The summed E-state index contributed by atoms with van der Waals surface area (Å²) in [6.45, 7) is 7.17. The molecule has 0 bridgehead atoms. The van der Waals surface area contributed by atoms with Crippen LogP contribution in [0.2, 0.25) is 0 Å². The third-order valence-corrected chi connectivity index (χ3v) is 8.84. The Morgan fingerprint density at radius 3 is 2.34 bits per heavy atom. The molecule has 3 fully saturated rings. The van der Waals surface area contributed by atoms with Crippen LogP contribution in [0, 0.1) is 11.8 Å². The lowest BCUT2D eigenvalue weighted by molar-refractivity contribution is -0.192. The zero-order chi connectivity index (χ0) is 29.5. The van der Waals surface area contributed by atoms with Crippen LogP contribution in [0.3, 0.4) is 0 Å². The first-order valence-electron chi connectivity index (χ1n) is 16.1. The molecule has 0 aromatic carbocycles. The van der Waals surface area contributed by atoms with Gasteiger partial charge in [-0.2, -0.15) is 0 Å². The first-order chi connectivity index (χ1) is 19.8. The summed E-state index contributed by atoms with van der Waals surface area (Å²) in [4.78, 5) is 22.8. The summed E-state index contributed by atoms with van der Waals surface area (Å²) in [5.74, 6) is 0.0250. The van der Waals surface area contributed by atoms with Crippen molar-refractivity contribution in [3.8, 4) is 0 Å². The Morgan fingerprint density at radius 1 is 0.976 bits per heavy atom. The van der Waals surface area contributed by atoms with Crippen LogP contribution in [0.4, 0.5) is 0 Å². The fourth-order valence-electron chi connectivity index (χ4n) is 6.16. The third kappa shape index (κ3) is 13.3. The number of ether oxygens (including phenoxy) is 4. The van der Waals surface area contributed by atoms with Crippen LogP contribution in [-0.2, 0) is 28.5 Å². The molecule has 0 aromatic heterocycles. The number of hydrogen-bond acceptors (Lipinski definition) is 6. The molecular weight excluding hydrogens is 542 g/mol. The maximum absolute atomic E-state index is 11.7. The van der Waals surface area contributed by atoms with Gasteiger partial charge in [0.05, 0.1) is 12.2 Å². The molecule has 1 aliphatic carbocycles. The van der Waals surface area contributed by atoms with Gasteiger partial charge in [-0.1, -0.05) is 43.1 Å². The molecule has 2 heterocycles. The second-order valence-electron chi connectivity index (χ2n) is 12.2. The molecule has 2 aliphatic heterocycles. The van der Waals surface area contributed by atoms with Crippen molar-refractivity contribution in [1.82, 2.24) is 5.32 Å². The molecular formula is C33H54ClNO6. The smallest absolute Gasteiger partial charge is 0.226 e. The molecule has 1 N–H and O–H groups in total. The molecule has 0 spiro atoms. The van der Waals surface area contributed by atoms with E-state index in [-0.39, 0.29) is 47.9 Å². The predicted octanol–water partition coefficient (Wildman–Crippen LogP) is 7.36. The molecule has 41 heavy (non-hydrogen) atoms. The number of allylic oxidation sites excluding steroid dienone is 2. The number of imide groups is 1. The van der Waals surface area contributed by atoms with Crippen molar-refractivity contribution < 1.29 is 28.5 Å². The van der Waals surface area contributed by atoms with Gasteiger partial charge in [0.1, 0.15) is 0 Å². The van der Waals surface area contributed by atoms with E-state index in [1.54, 1.807) is 0 Å². The van der Waals surface area contributed by atoms with Crippen LogP contribution in [0.25, 0.3) is 0 Å². The largest absolute Gasteiger partial charge is 0.353 e. The van der Waals surface area contributed by atoms with Crippen molar-refractivity contribution in [3.63, 3.8) is 0 Å². The summed E-state index contributed by atoms with van der Waals surface area (Å²) in [5, 5.41) is 2.39. The summed E-state index contributed by atoms with van der Waals surface area (Å²) in [6.07, 6.45) is 20.9. The quantitative estimate of drug-likeness (QED) is 0.114. The standard InChI is InChI=1S/C33H54ClNO6/c1-24(2)13-12-14-26(40-32-17-8-10-21-38-32)19-20-28-27(15-6-4-5-7-16-31(37)35-25(3)36)29(34)23-30(28)41-33-18-9-11-22-39-33/h13,19-20,26-30,32-33H,4-12,14-18,21-23H2,1-3H3,(H,35,36,37)/b20-19+/t26-,27+,28+,29+,30+,32?,33?/m0/s1. The number of carbonyl (C=O) groups excluding carboxylic acids is 2. The first kappa shape index (κ1) is 34.2. The molecule has 3 rings (SSSR count). The Hall–Kier alpha value is -1.25. The van der Waals surface area contributed by atoms with Gasteiger partial charge in [-0.25, -0.2) is 0 Å². The molecule has 7 atom stereocenters. The summed E-state index contributed by atoms with van der Waals surface area (Å²) >= 11 is 7.01. The van der Waals surface area contributed by atoms with Gasteiger partial charge in [-0.3, -0.25) is 14.9 Å². The van der Waals surface area contributed by atoms with Crippen molar-refractivity contribution in [1.29, 1.82) is 0 Å². The van der Waals surface area contributed by atoms with Crippen molar-refractivity contribution in [2.75, 3.05) is 13.2 Å². The van der Waals surface area contributed by atoms with E-state index in [1.807, 2.05) is 0 Å². The molecule has 0 aromatic rings. The van der Waals surface area contributed by atoms with Gasteiger partial charge in [0.2, 0.25) is 11.8 Å². The number of halogens is 1. The number of nitrogens with one attached hydrogen (secondary N) is 1. The molecule has 7 nitrogen and oxygen atoms in total. The Kier molecular flexibility index (Phi) is 16.0. The van der Waals surface area contributed by atoms with Crippen LogP contribution in [-0.4, -0.2) is 55.2 Å². The van der Waals surface area contributed by atoms with Crippen LogP contribution in [0.1, 0.15) is 117 Å². The van der Waals surface area contributed by atoms with E-state index in [0.717, 1.165) is 103 Å². The van der Waals surface area contributed by atoms with Crippen molar-refractivity contribution in [3.05, 3.63) is 23.8 Å². The van der Waals surface area contributed by atoms with Crippen molar-refractivity contribution >= 4 is 23.4 Å². The number of hydrogen-bond donors (Lipinski definition) is 1. The number of rotatable bonds is 16. The molecule has 234 valence electrons. The maximum Gasteiger partial charge on any atom is 0.226 e. The molecule has 2 saturated heterocycles. The number of carbonyl (C=O) groups is 2. The topological polar surface area (TPSA) is 83.1 Å². The van der Waals surface area contributed by atoms with Gasteiger partial charge in [0.25, 0.3) is 0 Å². The van der Waals surface area contributed by atoms with E-state index >= 15 is 0 Å². The molecule has 3 aliphatic rings. The highest BCUT2D eigenvalue weighted by molar-refractivity contribution is 6.21. The summed E-state index contributed by atoms with van der Waals surface area (Å²) in [6, 6.07) is 0. The van der Waals surface area contributed by atoms with Gasteiger partial charge in [0, 0.05) is 37.9 Å². The SMILES string of the molecule is CC(=O)NC(=O)CCCCCC[C@@H]1[C@@H](/C=C/[C@H](CCC=C(C)C)OC2CCCCO2)[C@H](OC2CCCCO2)C[C@H]1Cl. The second kappa shape index (κ2) is 19.1. The van der Waals surface area contributed by atoms with E-state index in [1.165, 1.54) is 12.5 Å². The Labute approximate surface area is 253 Å². The second-order valence-corrected chi connectivity index (χ2v) is 12.8. The highest BCUT2D eigenvalue weighted by Crippen LogP contribution is 2.43. The minimum atomic E-state index is -0.297. The first-order valence-corrected chi connectivity index (χ1v) is 16.6. The van der Waals surface area contributed by atoms with Gasteiger partial charge in [-0.15, -0.1) is 11.6 Å². The average Bonchev–Trinajstić information content (AvgIpc) is 3.22. The van der Waals surface area contributed by atoms with Crippen molar-refractivity contribution in [2.24, 2.45) is 11.8 Å². The van der Waals surface area contributed by atoms with Crippen LogP contribution < -0.4 is 5.32 Å². The highest BCUT2D eigenvalue weighted by Gasteiger charge is 2.42. The zero-order valence-corrected chi connectivity index (χ0v) is 26.4. The lowest BCUT2D eigenvalue weighted by Gasteiger charge is -2.30. The predicted molar refractivity (Wildman–Crippen MR) is 162 cm³/mol. The van der Waals surface area contributed by atoms with Crippen LogP contribution >= 0.6 is 11.6 Å². The summed E-state index contributed by atoms with van der Waals surface area (Å²) < 4.78 is 24.9. The van der Waals surface area contributed by atoms with E-state index in [4.69, 9.17) is 30.5 Å². The van der Waals surface area contributed by atoms with E-state index < -0.39 is 0 Å². The summed E-state index contributed by atoms with van der Waals surface area (Å²) in [5.41, 5.74) is 1.32. The highest BCUT2D eigenvalue weighted by atomic mass is 35.5. The molecule has 2 amide bonds. The fourth-order valence-corrected chi connectivity index (χ4v) is 6.63. The third-order valence-electron chi connectivity index (χ3n) is 8.33. The van der Waals surface area contributed by atoms with Gasteiger partial charge < -0.3 is 18.9 Å². The summed E-state index contributed by atoms with van der Waals surface area (Å²) in [7, 11) is 0. The normalized spacial score (nSPS) is 29.4.